The molecule has 9 heteroatoms. The maximum Gasteiger partial charge on any atom is 0.159 e. The first-order chi connectivity index (χ1) is 9.34. The van der Waals surface area contributed by atoms with Crippen molar-refractivity contribution < 1.29 is 45.2 Å². The Bertz CT molecular complexity index is 297. The minimum Gasteiger partial charge on any atom is -0.388 e. The molecule has 2 heterocycles. The Balaban J connectivity index is 2.05. The van der Waals surface area contributed by atoms with Crippen LogP contribution in [0.3, 0.4) is 0 Å². The summed E-state index contributed by atoms with van der Waals surface area (Å²) in [5.74, 6) is 0. The minimum absolute atomic E-state index is 0.311. The van der Waals surface area contributed by atoms with Crippen LogP contribution < -0.4 is 0 Å². The number of aliphatic hydroxyl groups is 7. The highest BCUT2D eigenvalue weighted by atomic mass is 16.6. The van der Waals surface area contributed by atoms with E-state index in [1.165, 1.54) is 0 Å². The quantitative estimate of drug-likeness (QED) is 0.266. The van der Waals surface area contributed by atoms with Crippen molar-refractivity contribution in [2.24, 2.45) is 0 Å². The lowest BCUT2D eigenvalue weighted by Crippen LogP contribution is -2.61. The molecule has 2 fully saturated rings. The van der Waals surface area contributed by atoms with Crippen molar-refractivity contribution in [2.45, 2.75) is 48.8 Å². The van der Waals surface area contributed by atoms with Crippen LogP contribution in [0.4, 0.5) is 0 Å². The second-order valence-corrected chi connectivity index (χ2v) is 5.01. The zero-order valence-electron chi connectivity index (χ0n) is 10.5. The maximum atomic E-state index is 10.1. The third kappa shape index (κ3) is 2.82. The molecule has 0 aromatic rings. The Morgan fingerprint density at radius 1 is 0.850 bits per heavy atom. The van der Waals surface area contributed by atoms with Gasteiger partial charge in [0.1, 0.15) is 48.8 Å². The molecule has 0 bridgehead atoms. The van der Waals surface area contributed by atoms with Gasteiger partial charge in [0, 0.05) is 0 Å². The van der Waals surface area contributed by atoms with Crippen LogP contribution in [-0.2, 0) is 9.47 Å². The van der Waals surface area contributed by atoms with Gasteiger partial charge in [0.05, 0.1) is 13.2 Å². The van der Waals surface area contributed by atoms with E-state index >= 15 is 0 Å². The van der Waals surface area contributed by atoms with Crippen molar-refractivity contribution in [3.8, 4) is 0 Å². The summed E-state index contributed by atoms with van der Waals surface area (Å²) in [4.78, 5) is 0. The number of hydrogen-bond donors (Lipinski definition) is 7. The molecule has 2 saturated heterocycles. The molecule has 2 rings (SSSR count). The fourth-order valence-corrected chi connectivity index (χ4v) is 2.27. The first-order valence-electron chi connectivity index (χ1n) is 6.22. The lowest BCUT2D eigenvalue weighted by atomic mass is 9.88. The molecule has 1 unspecified atom stereocenters. The van der Waals surface area contributed by atoms with Crippen molar-refractivity contribution in [1.29, 1.82) is 0 Å². The first kappa shape index (κ1) is 16.0. The summed E-state index contributed by atoms with van der Waals surface area (Å²) in [5.41, 5.74) is 0. The van der Waals surface area contributed by atoms with Gasteiger partial charge in [0.15, 0.2) is 6.10 Å². The highest BCUT2D eigenvalue weighted by Gasteiger charge is 2.49. The van der Waals surface area contributed by atoms with Crippen LogP contribution in [-0.4, -0.2) is 97.8 Å². The molecule has 0 aliphatic carbocycles. The van der Waals surface area contributed by atoms with Gasteiger partial charge in [-0.1, -0.05) is 0 Å². The zero-order chi connectivity index (χ0) is 15.0. The SMILES string of the molecule is OC([C]1OC[C@@H](O)[C@H](O)[C@H]1O)[C@H]1OC[C@H](O)[C@H](O)[C@H]1O. The number of rotatable bonds is 2. The van der Waals surface area contributed by atoms with Gasteiger partial charge in [-0.15, -0.1) is 0 Å². The molecule has 7 N–H and O–H groups in total. The minimum atomic E-state index is -1.66. The molecule has 2 aliphatic rings. The predicted octanol–water partition coefficient (Wildman–Crippen LogP) is -4.53. The molecule has 0 amide bonds. The van der Waals surface area contributed by atoms with E-state index in [1.807, 2.05) is 0 Å². The Labute approximate surface area is 114 Å². The average molecular weight is 295 g/mol. The molecule has 0 spiro atoms. The predicted molar refractivity (Wildman–Crippen MR) is 61.0 cm³/mol. The summed E-state index contributed by atoms with van der Waals surface area (Å²) in [6.07, 6.45) is -12.2. The average Bonchev–Trinajstić information content (AvgIpc) is 2.42. The van der Waals surface area contributed by atoms with Crippen LogP contribution in [0.25, 0.3) is 0 Å². The van der Waals surface area contributed by atoms with E-state index < -0.39 is 48.8 Å². The first-order valence-corrected chi connectivity index (χ1v) is 6.22. The number of hydrogen-bond acceptors (Lipinski definition) is 9. The third-order valence-electron chi connectivity index (χ3n) is 3.57. The van der Waals surface area contributed by atoms with E-state index in [4.69, 9.17) is 9.47 Å². The highest BCUT2D eigenvalue weighted by molar-refractivity contribution is 5.08. The summed E-state index contributed by atoms with van der Waals surface area (Å²) in [5, 5.41) is 67.2. The maximum absolute atomic E-state index is 10.1. The van der Waals surface area contributed by atoms with E-state index in [0.717, 1.165) is 0 Å². The topological polar surface area (TPSA) is 160 Å². The molecule has 2 aliphatic heterocycles. The summed E-state index contributed by atoms with van der Waals surface area (Å²) in [6, 6.07) is 0. The van der Waals surface area contributed by atoms with Gasteiger partial charge in [-0.3, -0.25) is 0 Å². The Morgan fingerprint density at radius 3 is 2.10 bits per heavy atom. The van der Waals surface area contributed by atoms with Crippen molar-refractivity contribution >= 4 is 0 Å². The number of aliphatic hydroxyl groups excluding tert-OH is 7. The number of ether oxygens (including phenoxy) is 2. The second-order valence-electron chi connectivity index (χ2n) is 5.01. The zero-order valence-corrected chi connectivity index (χ0v) is 10.5. The molecule has 9 nitrogen and oxygen atoms in total. The molecule has 0 aromatic carbocycles. The van der Waals surface area contributed by atoms with Crippen molar-refractivity contribution in [3.05, 3.63) is 6.10 Å². The fraction of sp³-hybridized carbons (Fsp3) is 0.909. The van der Waals surface area contributed by atoms with Gasteiger partial charge in [0.25, 0.3) is 0 Å². The molecular weight excluding hydrogens is 276 g/mol. The Morgan fingerprint density at radius 2 is 1.45 bits per heavy atom. The van der Waals surface area contributed by atoms with E-state index in [1.54, 1.807) is 0 Å². The summed E-state index contributed by atoms with van der Waals surface area (Å²) in [6.45, 7) is -0.646. The fourth-order valence-electron chi connectivity index (χ4n) is 2.27. The normalized spacial score (nSPS) is 49.0. The molecular formula is C11H19O9. The summed E-state index contributed by atoms with van der Waals surface area (Å²) in [7, 11) is 0. The standard InChI is InChI=1S/C11H19O9/c12-3-1-19-10(7(16)5(3)14)9(18)11-8(17)6(15)4(13)2-20-11/h3-10,12-18H,1-2H2/t3-,4+,5-,6-,7+,8+,9?,10-/m0/s1. The van der Waals surface area contributed by atoms with Crippen LogP contribution in [0.5, 0.6) is 0 Å². The van der Waals surface area contributed by atoms with Gasteiger partial charge in [-0.2, -0.15) is 0 Å². The monoisotopic (exact) mass is 295 g/mol. The van der Waals surface area contributed by atoms with Gasteiger partial charge in [-0.25, -0.2) is 0 Å². The van der Waals surface area contributed by atoms with Gasteiger partial charge >= 0.3 is 0 Å². The van der Waals surface area contributed by atoms with Gasteiger partial charge < -0.3 is 45.2 Å². The largest absolute Gasteiger partial charge is 0.388 e. The van der Waals surface area contributed by atoms with E-state index in [9.17, 15) is 35.7 Å². The van der Waals surface area contributed by atoms with E-state index in [0.29, 0.717) is 0 Å². The lowest BCUT2D eigenvalue weighted by Gasteiger charge is -2.42. The van der Waals surface area contributed by atoms with Crippen LogP contribution in [0.15, 0.2) is 0 Å². The smallest absolute Gasteiger partial charge is 0.159 e. The molecule has 0 saturated carbocycles. The summed E-state index contributed by atoms with van der Waals surface area (Å²) < 4.78 is 10.0. The third-order valence-corrected chi connectivity index (χ3v) is 3.57. The van der Waals surface area contributed by atoms with E-state index in [2.05, 4.69) is 0 Å². The molecule has 20 heavy (non-hydrogen) atoms. The van der Waals surface area contributed by atoms with Crippen LogP contribution >= 0.6 is 0 Å². The summed E-state index contributed by atoms with van der Waals surface area (Å²) >= 11 is 0. The van der Waals surface area contributed by atoms with Crippen LogP contribution in [0.2, 0.25) is 0 Å². The van der Waals surface area contributed by atoms with Crippen molar-refractivity contribution in [2.75, 3.05) is 13.2 Å². The van der Waals surface area contributed by atoms with E-state index in [-0.39, 0.29) is 19.3 Å². The molecule has 0 aromatic heterocycles. The van der Waals surface area contributed by atoms with Crippen molar-refractivity contribution in [1.82, 2.24) is 0 Å². The Kier molecular flexibility index (Phi) is 4.95. The van der Waals surface area contributed by atoms with Crippen LogP contribution in [0.1, 0.15) is 0 Å². The van der Waals surface area contributed by atoms with Crippen molar-refractivity contribution in [3.63, 3.8) is 0 Å². The van der Waals surface area contributed by atoms with Gasteiger partial charge in [-0.05, 0) is 0 Å². The second kappa shape index (κ2) is 6.18. The molecule has 8 atom stereocenters. The van der Waals surface area contributed by atoms with Crippen LogP contribution in [0, 0.1) is 6.10 Å². The molecule has 117 valence electrons. The lowest BCUT2D eigenvalue weighted by molar-refractivity contribution is -0.231. The van der Waals surface area contributed by atoms with Gasteiger partial charge in [0.2, 0.25) is 0 Å². The highest BCUT2D eigenvalue weighted by Crippen LogP contribution is 2.30. The Hall–Kier alpha value is -0.360. The molecule has 1 radical (unpaired) electrons.